The van der Waals surface area contributed by atoms with Gasteiger partial charge in [-0.15, -0.1) is 0 Å². The van der Waals surface area contributed by atoms with E-state index in [-0.39, 0.29) is 13.0 Å². The number of carbonyl (C=O) groups excluding carboxylic acids is 2. The van der Waals surface area contributed by atoms with Crippen LogP contribution in [0.15, 0.2) is 30.3 Å². The molecule has 0 saturated heterocycles. The predicted molar refractivity (Wildman–Crippen MR) is 45.8 cm³/mol. The Hall–Kier alpha value is -1.84. The van der Waals surface area contributed by atoms with Crippen molar-refractivity contribution in [3.63, 3.8) is 0 Å². The van der Waals surface area contributed by atoms with Crippen LogP contribution in [0.4, 0.5) is 4.79 Å². The second-order valence-electron chi connectivity index (χ2n) is 2.32. The molecule has 68 valence electrons. The standard InChI is InChI=1S/C9H9NO3/c11-7-10-9(12)13-6-8-4-2-1-3-5-8/h1-5,7H,6H2,(H,10,11,12). The predicted octanol–water partition coefficient (Wildman–Crippen LogP) is 1.07. The SMILES string of the molecule is O=CNC(=O)OCc1ccccc1. The van der Waals surface area contributed by atoms with Crippen molar-refractivity contribution in [3.8, 4) is 0 Å². The van der Waals surface area contributed by atoms with Crippen molar-refractivity contribution in [2.75, 3.05) is 0 Å². The highest BCUT2D eigenvalue weighted by atomic mass is 16.5. The molecule has 4 heteroatoms. The van der Waals surface area contributed by atoms with E-state index in [1.54, 1.807) is 0 Å². The molecule has 0 aliphatic rings. The van der Waals surface area contributed by atoms with Crippen LogP contribution in [0.2, 0.25) is 0 Å². The van der Waals surface area contributed by atoms with Crippen molar-refractivity contribution in [3.05, 3.63) is 35.9 Å². The molecule has 0 atom stereocenters. The summed E-state index contributed by atoms with van der Waals surface area (Å²) in [5, 5.41) is 1.87. The Morgan fingerprint density at radius 2 is 2.08 bits per heavy atom. The van der Waals surface area contributed by atoms with Gasteiger partial charge >= 0.3 is 6.09 Å². The van der Waals surface area contributed by atoms with Gasteiger partial charge in [0.15, 0.2) is 0 Å². The molecule has 0 spiro atoms. The quantitative estimate of drug-likeness (QED) is 0.706. The highest BCUT2D eigenvalue weighted by Gasteiger charge is 1.99. The molecule has 0 heterocycles. The first-order valence-corrected chi connectivity index (χ1v) is 3.74. The molecule has 13 heavy (non-hydrogen) atoms. The number of alkyl carbamates (subject to hydrolysis) is 1. The number of nitrogens with one attached hydrogen (secondary N) is 1. The molecule has 0 fully saturated rings. The third kappa shape index (κ3) is 3.37. The number of hydrogen-bond acceptors (Lipinski definition) is 3. The molecular weight excluding hydrogens is 170 g/mol. The minimum absolute atomic E-state index is 0.167. The summed E-state index contributed by atoms with van der Waals surface area (Å²) in [6.07, 6.45) is -0.452. The molecule has 0 saturated carbocycles. The average Bonchev–Trinajstić information content (AvgIpc) is 2.17. The van der Waals surface area contributed by atoms with Crippen LogP contribution >= 0.6 is 0 Å². The topological polar surface area (TPSA) is 55.4 Å². The lowest BCUT2D eigenvalue weighted by Crippen LogP contribution is -2.22. The monoisotopic (exact) mass is 179 g/mol. The number of rotatable bonds is 3. The molecule has 4 nitrogen and oxygen atoms in total. The van der Waals surface area contributed by atoms with Crippen molar-refractivity contribution in [2.45, 2.75) is 6.61 Å². The van der Waals surface area contributed by atoms with Gasteiger partial charge in [-0.05, 0) is 5.56 Å². The van der Waals surface area contributed by atoms with Crippen LogP contribution in [0.1, 0.15) is 5.56 Å². The van der Waals surface area contributed by atoms with Crippen molar-refractivity contribution in [2.24, 2.45) is 0 Å². The van der Waals surface area contributed by atoms with E-state index < -0.39 is 6.09 Å². The van der Waals surface area contributed by atoms with E-state index in [1.165, 1.54) is 0 Å². The summed E-state index contributed by atoms with van der Waals surface area (Å²) in [5.41, 5.74) is 0.878. The molecule has 1 aromatic carbocycles. The van der Waals surface area contributed by atoms with Crippen molar-refractivity contribution < 1.29 is 14.3 Å². The Bertz CT molecular complexity index is 284. The number of imide groups is 1. The van der Waals surface area contributed by atoms with Gasteiger partial charge in [0, 0.05) is 0 Å². The summed E-state index contributed by atoms with van der Waals surface area (Å²) in [5.74, 6) is 0. The number of benzene rings is 1. The third-order valence-electron chi connectivity index (χ3n) is 1.39. The first-order valence-electron chi connectivity index (χ1n) is 3.74. The summed E-state index contributed by atoms with van der Waals surface area (Å²) in [4.78, 5) is 20.5. The van der Waals surface area contributed by atoms with Crippen molar-refractivity contribution in [1.82, 2.24) is 5.32 Å². The Balaban J connectivity index is 2.35. The Kier molecular flexibility index (Phi) is 3.50. The fraction of sp³-hybridized carbons (Fsp3) is 0.111. The van der Waals surface area contributed by atoms with Gasteiger partial charge in [-0.3, -0.25) is 10.1 Å². The lowest BCUT2D eigenvalue weighted by atomic mass is 10.2. The van der Waals surface area contributed by atoms with Crippen LogP contribution in [0.5, 0.6) is 0 Å². The van der Waals surface area contributed by atoms with E-state index in [4.69, 9.17) is 0 Å². The Labute approximate surface area is 75.5 Å². The molecule has 0 radical (unpaired) electrons. The van der Waals surface area contributed by atoms with Crippen LogP contribution < -0.4 is 5.32 Å². The molecule has 0 aromatic heterocycles. The number of hydrogen-bond donors (Lipinski definition) is 1. The molecule has 1 rings (SSSR count). The van der Waals surface area contributed by atoms with Gasteiger partial charge in [-0.2, -0.15) is 0 Å². The Morgan fingerprint density at radius 3 is 2.69 bits per heavy atom. The molecule has 0 unspecified atom stereocenters. The van der Waals surface area contributed by atoms with Gasteiger partial charge in [-0.25, -0.2) is 4.79 Å². The van der Waals surface area contributed by atoms with Crippen molar-refractivity contribution >= 4 is 12.5 Å². The van der Waals surface area contributed by atoms with Crippen LogP contribution in [0.25, 0.3) is 0 Å². The number of ether oxygens (including phenoxy) is 1. The minimum Gasteiger partial charge on any atom is -0.444 e. The van der Waals surface area contributed by atoms with Gasteiger partial charge in [-0.1, -0.05) is 30.3 Å². The molecule has 0 aliphatic carbocycles. The first-order chi connectivity index (χ1) is 6.33. The summed E-state index contributed by atoms with van der Waals surface area (Å²) in [6.45, 7) is 0.167. The zero-order valence-electron chi connectivity index (χ0n) is 6.90. The van der Waals surface area contributed by atoms with Crippen LogP contribution in [0, 0.1) is 0 Å². The average molecular weight is 179 g/mol. The maximum Gasteiger partial charge on any atom is 0.413 e. The zero-order valence-corrected chi connectivity index (χ0v) is 6.90. The van der Waals surface area contributed by atoms with E-state index in [1.807, 2.05) is 35.6 Å². The summed E-state index contributed by atoms with van der Waals surface area (Å²) in [7, 11) is 0. The van der Waals surface area contributed by atoms with Gasteiger partial charge in [0.25, 0.3) is 0 Å². The van der Waals surface area contributed by atoms with E-state index in [2.05, 4.69) is 4.74 Å². The molecule has 2 amide bonds. The van der Waals surface area contributed by atoms with Crippen molar-refractivity contribution in [1.29, 1.82) is 0 Å². The summed E-state index contributed by atoms with van der Waals surface area (Å²) in [6, 6.07) is 9.21. The van der Waals surface area contributed by atoms with Crippen LogP contribution in [-0.2, 0) is 16.1 Å². The maximum absolute atomic E-state index is 10.7. The second kappa shape index (κ2) is 4.92. The van der Waals surface area contributed by atoms with Gasteiger partial charge in [0.1, 0.15) is 6.61 Å². The lowest BCUT2D eigenvalue weighted by Gasteiger charge is -2.02. The highest BCUT2D eigenvalue weighted by Crippen LogP contribution is 1.99. The van der Waals surface area contributed by atoms with E-state index >= 15 is 0 Å². The summed E-state index contributed by atoms with van der Waals surface area (Å²) >= 11 is 0. The summed E-state index contributed by atoms with van der Waals surface area (Å²) < 4.78 is 4.69. The van der Waals surface area contributed by atoms with E-state index in [0.29, 0.717) is 0 Å². The van der Waals surface area contributed by atoms with Gasteiger partial charge in [0.2, 0.25) is 6.41 Å². The molecular formula is C9H9NO3. The fourth-order valence-corrected chi connectivity index (χ4v) is 0.813. The highest BCUT2D eigenvalue weighted by molar-refractivity contribution is 5.79. The van der Waals surface area contributed by atoms with E-state index in [9.17, 15) is 9.59 Å². The fourth-order valence-electron chi connectivity index (χ4n) is 0.813. The van der Waals surface area contributed by atoms with Crippen LogP contribution in [0.3, 0.4) is 0 Å². The molecule has 1 N–H and O–H groups in total. The molecule has 0 bridgehead atoms. The molecule has 1 aromatic rings. The van der Waals surface area contributed by atoms with Crippen LogP contribution in [-0.4, -0.2) is 12.5 Å². The largest absolute Gasteiger partial charge is 0.444 e. The number of carbonyl (C=O) groups is 2. The Morgan fingerprint density at radius 1 is 1.38 bits per heavy atom. The zero-order chi connectivity index (χ0) is 9.52. The van der Waals surface area contributed by atoms with Gasteiger partial charge in [0.05, 0.1) is 0 Å². The minimum atomic E-state index is -0.737. The van der Waals surface area contributed by atoms with E-state index in [0.717, 1.165) is 5.56 Å². The third-order valence-corrected chi connectivity index (χ3v) is 1.39. The molecule has 0 aliphatic heterocycles. The van der Waals surface area contributed by atoms with Gasteiger partial charge < -0.3 is 4.74 Å². The smallest absolute Gasteiger partial charge is 0.413 e. The lowest BCUT2D eigenvalue weighted by molar-refractivity contribution is -0.109. The normalized spacial score (nSPS) is 8.92. The maximum atomic E-state index is 10.7. The first kappa shape index (κ1) is 9.25. The second-order valence-corrected chi connectivity index (χ2v) is 2.32. The number of amides is 2.